The number of nitrogens with zero attached hydrogens (tertiary/aromatic N) is 1. The zero-order valence-corrected chi connectivity index (χ0v) is 8.48. The van der Waals surface area contributed by atoms with Crippen LogP contribution >= 0.6 is 0 Å². The van der Waals surface area contributed by atoms with E-state index < -0.39 is 0 Å². The highest BCUT2D eigenvalue weighted by molar-refractivity contribution is 5.13. The van der Waals surface area contributed by atoms with E-state index in [1.807, 2.05) is 0 Å². The minimum atomic E-state index is 0.504. The fourth-order valence-electron chi connectivity index (χ4n) is 3.12. The number of rotatable bonds is 2. The van der Waals surface area contributed by atoms with E-state index in [2.05, 4.69) is 31.4 Å². The number of hydrogen-bond acceptors (Lipinski definition) is 2. The predicted molar refractivity (Wildman–Crippen MR) is 51.3 cm³/mol. The van der Waals surface area contributed by atoms with Gasteiger partial charge in [0.05, 0.1) is 0 Å². The molecule has 0 unspecified atom stereocenters. The molecule has 0 atom stereocenters. The van der Waals surface area contributed by atoms with Crippen LogP contribution in [0, 0.1) is 0 Å². The minimum absolute atomic E-state index is 0.504. The van der Waals surface area contributed by atoms with E-state index in [-0.39, 0.29) is 0 Å². The van der Waals surface area contributed by atoms with Crippen LogP contribution in [0.3, 0.4) is 0 Å². The van der Waals surface area contributed by atoms with E-state index in [0.717, 1.165) is 0 Å². The first-order valence-electron chi connectivity index (χ1n) is 4.99. The maximum atomic E-state index is 3.52. The molecule has 2 nitrogen and oxygen atoms in total. The molecular formula is C10H20N2. The van der Waals surface area contributed by atoms with Gasteiger partial charge in [0.15, 0.2) is 0 Å². The van der Waals surface area contributed by atoms with Crippen molar-refractivity contribution >= 4 is 0 Å². The van der Waals surface area contributed by atoms with Crippen LogP contribution in [0.2, 0.25) is 0 Å². The lowest BCUT2D eigenvalue weighted by atomic mass is 9.91. The molecule has 2 fully saturated rings. The smallest absolute Gasteiger partial charge is 0.0222 e. The molecule has 1 N–H and O–H groups in total. The Morgan fingerprint density at radius 3 is 1.92 bits per heavy atom. The number of fused-ring (bicyclic) bond motifs is 2. The molecule has 2 saturated carbocycles. The molecule has 0 aromatic carbocycles. The normalized spacial score (nSPS) is 46.0. The van der Waals surface area contributed by atoms with Gasteiger partial charge in [-0.05, 0) is 53.2 Å². The van der Waals surface area contributed by atoms with Crippen LogP contribution in [0.4, 0.5) is 0 Å². The molecule has 2 aliphatic rings. The van der Waals surface area contributed by atoms with Gasteiger partial charge < -0.3 is 10.2 Å². The molecule has 0 amide bonds. The molecular weight excluding hydrogens is 148 g/mol. The Hall–Kier alpha value is -0.0800. The summed E-state index contributed by atoms with van der Waals surface area (Å²) < 4.78 is 0. The number of hydrogen-bond donors (Lipinski definition) is 1. The van der Waals surface area contributed by atoms with Crippen molar-refractivity contribution in [2.45, 2.75) is 43.2 Å². The van der Waals surface area contributed by atoms with Crippen LogP contribution in [0.15, 0.2) is 0 Å². The van der Waals surface area contributed by atoms with E-state index in [1.165, 1.54) is 32.1 Å². The first kappa shape index (κ1) is 8.52. The van der Waals surface area contributed by atoms with Crippen LogP contribution in [0.25, 0.3) is 0 Å². The van der Waals surface area contributed by atoms with Gasteiger partial charge in [0.25, 0.3) is 0 Å². The van der Waals surface area contributed by atoms with Crippen LogP contribution in [-0.2, 0) is 0 Å². The Kier molecular flexibility index (Phi) is 1.74. The third-order valence-electron chi connectivity index (χ3n) is 4.28. The quantitative estimate of drug-likeness (QED) is 0.667. The largest absolute Gasteiger partial charge is 0.314 e. The van der Waals surface area contributed by atoms with Crippen molar-refractivity contribution in [3.05, 3.63) is 0 Å². The van der Waals surface area contributed by atoms with Crippen molar-refractivity contribution in [3.8, 4) is 0 Å². The third kappa shape index (κ3) is 0.944. The topological polar surface area (TPSA) is 15.3 Å². The van der Waals surface area contributed by atoms with Gasteiger partial charge >= 0.3 is 0 Å². The molecule has 2 rings (SSSR count). The van der Waals surface area contributed by atoms with Crippen molar-refractivity contribution in [3.63, 3.8) is 0 Å². The van der Waals surface area contributed by atoms with Crippen LogP contribution < -0.4 is 5.32 Å². The van der Waals surface area contributed by atoms with Gasteiger partial charge in [0.2, 0.25) is 0 Å². The Morgan fingerprint density at radius 2 is 1.67 bits per heavy atom. The lowest BCUT2D eigenvalue weighted by molar-refractivity contribution is 0.161. The van der Waals surface area contributed by atoms with E-state index in [0.29, 0.717) is 11.1 Å². The summed E-state index contributed by atoms with van der Waals surface area (Å²) in [4.78, 5) is 2.44. The van der Waals surface area contributed by atoms with Gasteiger partial charge in [0.1, 0.15) is 0 Å². The summed E-state index contributed by atoms with van der Waals surface area (Å²) in [6, 6.07) is 0. The molecule has 0 saturated heterocycles. The molecule has 0 aliphatic heterocycles. The predicted octanol–water partition coefficient (Wildman–Crippen LogP) is 1.22. The second kappa shape index (κ2) is 2.46. The molecule has 0 heterocycles. The Bertz CT molecular complexity index is 178. The lowest BCUT2D eigenvalue weighted by Crippen LogP contribution is -2.40. The average Bonchev–Trinajstić information content (AvgIpc) is 2.61. The highest BCUT2D eigenvalue weighted by Gasteiger charge is 2.54. The summed E-state index contributed by atoms with van der Waals surface area (Å²) >= 11 is 0. The molecule has 0 radical (unpaired) electrons. The van der Waals surface area contributed by atoms with E-state index >= 15 is 0 Å². The fraction of sp³-hybridized carbons (Fsp3) is 1.00. The standard InChI is InChI=1S/C10H20N2/c1-11-9-4-6-10(8-9,7-5-9)12(2)3/h11H,4-8H2,1-3H3. The molecule has 12 heavy (non-hydrogen) atoms. The van der Waals surface area contributed by atoms with Crippen molar-refractivity contribution in [1.82, 2.24) is 10.2 Å². The van der Waals surface area contributed by atoms with Gasteiger partial charge in [-0.25, -0.2) is 0 Å². The molecule has 70 valence electrons. The monoisotopic (exact) mass is 168 g/mol. The molecule has 2 aliphatic carbocycles. The highest BCUT2D eigenvalue weighted by atomic mass is 15.2. The second-order valence-electron chi connectivity index (χ2n) is 4.83. The molecule has 2 heteroatoms. The Labute approximate surface area is 75.3 Å². The van der Waals surface area contributed by atoms with E-state index in [4.69, 9.17) is 0 Å². The van der Waals surface area contributed by atoms with Gasteiger partial charge in [-0.15, -0.1) is 0 Å². The van der Waals surface area contributed by atoms with E-state index in [1.54, 1.807) is 0 Å². The van der Waals surface area contributed by atoms with Gasteiger partial charge in [-0.2, -0.15) is 0 Å². The molecule has 0 aromatic rings. The van der Waals surface area contributed by atoms with Gasteiger partial charge in [-0.3, -0.25) is 0 Å². The minimum Gasteiger partial charge on any atom is -0.314 e. The SMILES string of the molecule is CNC12CCC(N(C)C)(CC1)C2. The molecule has 0 aromatic heterocycles. The first-order chi connectivity index (χ1) is 5.63. The lowest BCUT2D eigenvalue weighted by Gasteiger charge is -2.34. The Morgan fingerprint density at radius 1 is 1.08 bits per heavy atom. The maximum Gasteiger partial charge on any atom is 0.0222 e. The third-order valence-corrected chi connectivity index (χ3v) is 4.28. The van der Waals surface area contributed by atoms with Crippen LogP contribution in [0.1, 0.15) is 32.1 Å². The van der Waals surface area contributed by atoms with E-state index in [9.17, 15) is 0 Å². The summed E-state index contributed by atoms with van der Waals surface area (Å²) in [6.45, 7) is 0. The molecule has 0 spiro atoms. The second-order valence-corrected chi connectivity index (χ2v) is 4.83. The van der Waals surface area contributed by atoms with Crippen molar-refractivity contribution in [2.75, 3.05) is 21.1 Å². The zero-order chi connectivity index (χ0) is 8.82. The zero-order valence-electron chi connectivity index (χ0n) is 8.48. The summed E-state index contributed by atoms with van der Waals surface area (Å²) in [5.74, 6) is 0. The van der Waals surface area contributed by atoms with Crippen molar-refractivity contribution in [1.29, 1.82) is 0 Å². The highest BCUT2D eigenvalue weighted by Crippen LogP contribution is 2.52. The van der Waals surface area contributed by atoms with Crippen LogP contribution in [-0.4, -0.2) is 37.1 Å². The summed E-state index contributed by atoms with van der Waals surface area (Å²) in [5.41, 5.74) is 1.05. The van der Waals surface area contributed by atoms with Crippen LogP contribution in [0.5, 0.6) is 0 Å². The van der Waals surface area contributed by atoms with Crippen molar-refractivity contribution < 1.29 is 0 Å². The Balaban J connectivity index is 2.17. The summed E-state index contributed by atoms with van der Waals surface area (Å²) in [6.07, 6.45) is 6.90. The average molecular weight is 168 g/mol. The fourth-order valence-corrected chi connectivity index (χ4v) is 3.12. The van der Waals surface area contributed by atoms with Gasteiger partial charge in [0, 0.05) is 11.1 Å². The summed E-state index contributed by atoms with van der Waals surface area (Å²) in [5, 5.41) is 3.52. The van der Waals surface area contributed by atoms with Crippen molar-refractivity contribution in [2.24, 2.45) is 0 Å². The van der Waals surface area contributed by atoms with Gasteiger partial charge in [-0.1, -0.05) is 0 Å². The first-order valence-corrected chi connectivity index (χ1v) is 4.99. The summed E-state index contributed by atoms with van der Waals surface area (Å²) in [7, 11) is 6.59. The maximum absolute atomic E-state index is 3.52. The molecule has 2 bridgehead atoms. The number of nitrogens with one attached hydrogen (secondary N) is 1.